The van der Waals surface area contributed by atoms with E-state index in [9.17, 15) is 4.79 Å². The zero-order valence-corrected chi connectivity index (χ0v) is 12.0. The summed E-state index contributed by atoms with van der Waals surface area (Å²) in [5.41, 5.74) is 1.75. The molecule has 3 rings (SSSR count). The fourth-order valence-electron chi connectivity index (χ4n) is 3.13. The molecule has 1 aromatic heterocycles. The van der Waals surface area contributed by atoms with E-state index in [-0.39, 0.29) is 12.5 Å². The van der Waals surface area contributed by atoms with E-state index in [4.69, 9.17) is 0 Å². The average molecular weight is 272 g/mol. The minimum absolute atomic E-state index is 0.138. The molecular weight excluding hydrogens is 252 g/mol. The van der Waals surface area contributed by atoms with Crippen molar-refractivity contribution in [3.63, 3.8) is 0 Å². The van der Waals surface area contributed by atoms with Gasteiger partial charge in [0.2, 0.25) is 5.91 Å². The van der Waals surface area contributed by atoms with E-state index in [0.29, 0.717) is 11.8 Å². The quantitative estimate of drug-likeness (QED) is 0.839. The molecule has 0 saturated carbocycles. The van der Waals surface area contributed by atoms with Gasteiger partial charge in [-0.2, -0.15) is 0 Å². The number of likely N-dealkylation sites (tertiary alicyclic amines) is 1. The predicted octanol–water partition coefficient (Wildman–Crippen LogP) is 1.94. The zero-order valence-electron chi connectivity index (χ0n) is 12.0. The Labute approximate surface area is 118 Å². The molecule has 1 fully saturated rings. The number of amides is 1. The van der Waals surface area contributed by atoms with Crippen molar-refractivity contribution in [2.24, 2.45) is 11.8 Å². The second kappa shape index (κ2) is 5.23. The summed E-state index contributed by atoms with van der Waals surface area (Å²) in [6.45, 7) is 6.41. The highest BCUT2D eigenvalue weighted by Crippen LogP contribution is 2.21. The van der Waals surface area contributed by atoms with Crippen LogP contribution in [-0.4, -0.2) is 38.9 Å². The van der Waals surface area contributed by atoms with Gasteiger partial charge in [0.25, 0.3) is 0 Å². The summed E-state index contributed by atoms with van der Waals surface area (Å²) >= 11 is 0. The van der Waals surface area contributed by atoms with Gasteiger partial charge in [-0.25, -0.2) is 4.68 Å². The molecule has 1 aromatic carbocycles. The molecule has 2 aromatic rings. The summed E-state index contributed by atoms with van der Waals surface area (Å²) in [4.78, 5) is 14.4. The zero-order chi connectivity index (χ0) is 14.1. The maximum absolute atomic E-state index is 12.4. The minimum atomic E-state index is 0.138. The first-order valence-electron chi connectivity index (χ1n) is 7.19. The van der Waals surface area contributed by atoms with E-state index in [0.717, 1.165) is 24.1 Å². The Morgan fingerprint density at radius 3 is 2.70 bits per heavy atom. The maximum Gasteiger partial charge on any atom is 0.244 e. The lowest BCUT2D eigenvalue weighted by Gasteiger charge is -2.35. The first kappa shape index (κ1) is 13.1. The number of aromatic nitrogens is 3. The number of nitrogens with zero attached hydrogens (tertiary/aromatic N) is 4. The molecule has 1 saturated heterocycles. The summed E-state index contributed by atoms with van der Waals surface area (Å²) < 4.78 is 1.70. The number of hydrogen-bond donors (Lipinski definition) is 0. The number of carbonyl (C=O) groups excluding carboxylic acids is 1. The van der Waals surface area contributed by atoms with Crippen molar-refractivity contribution in [2.75, 3.05) is 13.1 Å². The number of piperidine rings is 1. The van der Waals surface area contributed by atoms with Gasteiger partial charge >= 0.3 is 0 Å². The molecule has 0 N–H and O–H groups in total. The van der Waals surface area contributed by atoms with Crippen LogP contribution in [0.3, 0.4) is 0 Å². The number of fused-ring (bicyclic) bond motifs is 1. The first-order chi connectivity index (χ1) is 9.63. The van der Waals surface area contributed by atoms with Gasteiger partial charge in [0.05, 0.1) is 5.52 Å². The van der Waals surface area contributed by atoms with Crippen LogP contribution in [-0.2, 0) is 11.3 Å². The van der Waals surface area contributed by atoms with Crippen LogP contribution in [0.4, 0.5) is 0 Å². The van der Waals surface area contributed by atoms with E-state index in [2.05, 4.69) is 24.2 Å². The van der Waals surface area contributed by atoms with Gasteiger partial charge in [-0.15, -0.1) is 5.10 Å². The van der Waals surface area contributed by atoms with Crippen molar-refractivity contribution < 1.29 is 4.79 Å². The van der Waals surface area contributed by atoms with Crippen LogP contribution in [0.15, 0.2) is 24.3 Å². The van der Waals surface area contributed by atoms with Crippen LogP contribution in [0.25, 0.3) is 11.0 Å². The lowest BCUT2D eigenvalue weighted by Crippen LogP contribution is -2.44. The summed E-state index contributed by atoms with van der Waals surface area (Å²) in [7, 11) is 0. The van der Waals surface area contributed by atoms with Crippen molar-refractivity contribution in [2.45, 2.75) is 26.8 Å². The highest BCUT2D eigenvalue weighted by atomic mass is 16.2. The molecule has 0 radical (unpaired) electrons. The van der Waals surface area contributed by atoms with Crippen LogP contribution < -0.4 is 0 Å². The first-order valence-corrected chi connectivity index (χ1v) is 7.19. The molecule has 5 heteroatoms. The number of benzene rings is 1. The molecule has 1 aliphatic heterocycles. The van der Waals surface area contributed by atoms with Gasteiger partial charge in [0, 0.05) is 13.1 Å². The number of carbonyl (C=O) groups is 1. The second-order valence-electron chi connectivity index (χ2n) is 5.98. The Morgan fingerprint density at radius 2 is 1.95 bits per heavy atom. The van der Waals surface area contributed by atoms with Gasteiger partial charge in [-0.05, 0) is 30.4 Å². The lowest BCUT2D eigenvalue weighted by atomic mass is 9.92. The van der Waals surface area contributed by atoms with E-state index in [1.54, 1.807) is 4.68 Å². The smallest absolute Gasteiger partial charge is 0.244 e. The van der Waals surface area contributed by atoms with Crippen molar-refractivity contribution in [3.8, 4) is 0 Å². The van der Waals surface area contributed by atoms with Gasteiger partial charge < -0.3 is 4.90 Å². The van der Waals surface area contributed by atoms with Crippen molar-refractivity contribution in [1.82, 2.24) is 19.9 Å². The predicted molar refractivity (Wildman–Crippen MR) is 77.1 cm³/mol. The molecule has 20 heavy (non-hydrogen) atoms. The SMILES string of the molecule is C[C@@H]1C[C@H](C)CN(C(=O)Cn2nnc3ccccc32)C1. The molecule has 0 bridgehead atoms. The van der Waals surface area contributed by atoms with Crippen LogP contribution in [0, 0.1) is 11.8 Å². The molecule has 1 amide bonds. The molecule has 2 heterocycles. The number of hydrogen-bond acceptors (Lipinski definition) is 3. The van der Waals surface area contributed by atoms with Crippen molar-refractivity contribution in [3.05, 3.63) is 24.3 Å². The normalized spacial score (nSPS) is 23.2. The van der Waals surface area contributed by atoms with E-state index < -0.39 is 0 Å². The van der Waals surface area contributed by atoms with Crippen molar-refractivity contribution in [1.29, 1.82) is 0 Å². The standard InChI is InChI=1S/C15H20N4O/c1-11-7-12(2)9-18(8-11)15(20)10-19-14-6-4-3-5-13(14)16-17-19/h3-6,11-12H,7-10H2,1-2H3/t11-,12+. The molecular formula is C15H20N4O. The van der Waals surface area contributed by atoms with Crippen LogP contribution in [0.2, 0.25) is 0 Å². The van der Waals surface area contributed by atoms with Crippen LogP contribution in [0.1, 0.15) is 20.3 Å². The molecule has 0 aliphatic carbocycles. The third-order valence-electron chi connectivity index (χ3n) is 3.93. The van der Waals surface area contributed by atoms with Crippen molar-refractivity contribution >= 4 is 16.9 Å². The van der Waals surface area contributed by atoms with Gasteiger partial charge in [0.15, 0.2) is 0 Å². The lowest BCUT2D eigenvalue weighted by molar-refractivity contribution is -0.134. The summed E-state index contributed by atoms with van der Waals surface area (Å²) in [5.74, 6) is 1.30. The maximum atomic E-state index is 12.4. The topological polar surface area (TPSA) is 51.0 Å². The van der Waals surface area contributed by atoms with E-state index >= 15 is 0 Å². The van der Waals surface area contributed by atoms with Crippen LogP contribution >= 0.6 is 0 Å². The fraction of sp³-hybridized carbons (Fsp3) is 0.533. The largest absolute Gasteiger partial charge is 0.341 e. The Kier molecular flexibility index (Phi) is 3.42. The molecule has 0 spiro atoms. The summed E-state index contributed by atoms with van der Waals surface area (Å²) in [6, 6.07) is 7.73. The molecule has 2 atom stereocenters. The molecule has 5 nitrogen and oxygen atoms in total. The van der Waals surface area contributed by atoms with Gasteiger partial charge in [-0.1, -0.05) is 31.2 Å². The van der Waals surface area contributed by atoms with Crippen LogP contribution in [0.5, 0.6) is 0 Å². The van der Waals surface area contributed by atoms with E-state index in [1.807, 2.05) is 29.2 Å². The summed E-state index contributed by atoms with van der Waals surface area (Å²) in [5, 5.41) is 8.18. The van der Waals surface area contributed by atoms with E-state index in [1.165, 1.54) is 6.42 Å². The third kappa shape index (κ3) is 2.53. The Hall–Kier alpha value is -1.91. The van der Waals surface area contributed by atoms with Gasteiger partial charge in [0.1, 0.15) is 12.1 Å². The summed E-state index contributed by atoms with van der Waals surface area (Å²) in [6.07, 6.45) is 1.20. The Balaban J connectivity index is 1.75. The highest BCUT2D eigenvalue weighted by molar-refractivity contribution is 5.79. The highest BCUT2D eigenvalue weighted by Gasteiger charge is 2.25. The Bertz CT molecular complexity index is 611. The second-order valence-corrected chi connectivity index (χ2v) is 5.98. The monoisotopic (exact) mass is 272 g/mol. The fourth-order valence-corrected chi connectivity index (χ4v) is 3.13. The van der Waals surface area contributed by atoms with Gasteiger partial charge in [-0.3, -0.25) is 4.79 Å². The molecule has 106 valence electrons. The number of rotatable bonds is 2. The molecule has 0 unspecified atom stereocenters. The average Bonchev–Trinajstić information content (AvgIpc) is 2.81. The Morgan fingerprint density at radius 1 is 1.25 bits per heavy atom. The third-order valence-corrected chi connectivity index (χ3v) is 3.93. The minimum Gasteiger partial charge on any atom is -0.341 e. The molecule has 1 aliphatic rings. The number of para-hydroxylation sites is 1.